The Morgan fingerprint density at radius 3 is 1.92 bits per heavy atom. The van der Waals surface area contributed by atoms with E-state index in [1.54, 1.807) is 0 Å². The molecule has 5 aromatic rings. The molecule has 0 saturated carbocycles. The molecule has 0 saturated heterocycles. The first kappa shape index (κ1) is 22.0. The van der Waals surface area contributed by atoms with Gasteiger partial charge >= 0.3 is 0 Å². The third-order valence-electron chi connectivity index (χ3n) is 7.18. The van der Waals surface area contributed by atoms with Gasteiger partial charge in [0.15, 0.2) is 0 Å². The number of nitrogens with zero attached hydrogens (tertiary/aromatic N) is 1. The third-order valence-corrected chi connectivity index (χ3v) is 7.18. The number of hydrogen-bond donors (Lipinski definition) is 0. The molecule has 1 nitrogen and oxygen atoms in total. The van der Waals surface area contributed by atoms with Crippen LogP contribution in [0.3, 0.4) is 0 Å². The fourth-order valence-electron chi connectivity index (χ4n) is 5.56. The lowest BCUT2D eigenvalue weighted by atomic mass is 9.89. The van der Waals surface area contributed by atoms with Crippen LogP contribution in [0.1, 0.15) is 23.7 Å². The second-order valence-electron chi connectivity index (χ2n) is 9.12. The monoisotopic (exact) mass is 461 g/mol. The van der Waals surface area contributed by atoms with Gasteiger partial charge in [0, 0.05) is 17.7 Å². The molecule has 0 bridgehead atoms. The lowest BCUT2D eigenvalue weighted by Crippen LogP contribution is -1.93. The van der Waals surface area contributed by atoms with Crippen molar-refractivity contribution in [2.45, 2.75) is 13.3 Å². The van der Waals surface area contributed by atoms with E-state index >= 15 is 0 Å². The van der Waals surface area contributed by atoms with Gasteiger partial charge in [-0.15, -0.1) is 0 Å². The molecular weight excluding hydrogens is 434 g/mol. The molecule has 36 heavy (non-hydrogen) atoms. The molecule has 4 aromatic carbocycles. The first-order chi connectivity index (χ1) is 17.7. The minimum absolute atomic E-state index is 0.842. The zero-order valence-electron chi connectivity index (χ0n) is 20.5. The molecule has 0 unspecified atom stereocenters. The Morgan fingerprint density at radius 1 is 0.611 bits per heavy atom. The third kappa shape index (κ3) is 3.36. The van der Waals surface area contributed by atoms with Crippen molar-refractivity contribution >= 4 is 32.7 Å². The normalized spacial score (nSPS) is 12.7. The van der Waals surface area contributed by atoms with Crippen molar-refractivity contribution < 1.29 is 0 Å². The molecule has 0 aliphatic heterocycles. The molecular formula is C35H27N. The lowest BCUT2D eigenvalue weighted by molar-refractivity contribution is 1.11. The summed E-state index contributed by atoms with van der Waals surface area (Å²) < 4.78 is 0. The molecule has 0 spiro atoms. The van der Waals surface area contributed by atoms with E-state index in [0.29, 0.717) is 0 Å². The van der Waals surface area contributed by atoms with E-state index in [2.05, 4.69) is 110 Å². The maximum Gasteiger partial charge on any atom is 0.0711 e. The topological polar surface area (TPSA) is 12.9 Å². The fourth-order valence-corrected chi connectivity index (χ4v) is 5.56. The summed E-state index contributed by atoms with van der Waals surface area (Å²) in [5, 5.41) is 4.98. The number of rotatable bonds is 6. The molecule has 0 atom stereocenters. The summed E-state index contributed by atoms with van der Waals surface area (Å²) >= 11 is 0. The highest BCUT2D eigenvalue weighted by Gasteiger charge is 2.23. The van der Waals surface area contributed by atoms with Gasteiger partial charge in [-0.25, -0.2) is 0 Å². The van der Waals surface area contributed by atoms with Crippen LogP contribution in [0.2, 0.25) is 0 Å². The van der Waals surface area contributed by atoms with E-state index in [1.807, 2.05) is 19.1 Å². The van der Waals surface area contributed by atoms with E-state index in [4.69, 9.17) is 4.98 Å². The number of allylic oxidation sites excluding steroid dienone is 6. The Balaban J connectivity index is 1.57. The van der Waals surface area contributed by atoms with E-state index in [0.717, 1.165) is 34.5 Å². The van der Waals surface area contributed by atoms with Crippen LogP contribution in [-0.2, 0) is 6.42 Å². The van der Waals surface area contributed by atoms with Gasteiger partial charge in [0.25, 0.3) is 0 Å². The van der Waals surface area contributed by atoms with Crippen LogP contribution in [0.25, 0.3) is 55.1 Å². The second kappa shape index (κ2) is 8.94. The summed E-state index contributed by atoms with van der Waals surface area (Å²) in [5.41, 5.74) is 10.5. The fraction of sp³-hybridized carbons (Fsp3) is 0.0571. The summed E-state index contributed by atoms with van der Waals surface area (Å²) in [4.78, 5) is 4.97. The van der Waals surface area contributed by atoms with Gasteiger partial charge in [-0.05, 0) is 74.0 Å². The molecule has 0 radical (unpaired) electrons. The van der Waals surface area contributed by atoms with E-state index < -0.39 is 0 Å². The molecule has 1 aliphatic carbocycles. The Labute approximate surface area is 212 Å². The van der Waals surface area contributed by atoms with Crippen molar-refractivity contribution in [1.29, 1.82) is 0 Å². The average Bonchev–Trinajstić information content (AvgIpc) is 3.26. The average molecular weight is 462 g/mol. The van der Waals surface area contributed by atoms with Crippen molar-refractivity contribution in [3.63, 3.8) is 0 Å². The standard InChI is InChI=1S/C35H27N/c1-4-7-12-23-13-10-18-34(36-23)30-21-19-28(26-14-8-9-15-27(26)30)29-20-22-33-25(6-3)24(5-2)31-16-11-17-32(29)35(31)33/h4-11,13-22H,2-3,12H2,1H3/b7-4-. The SMILES string of the molecule is C=CC1=C(C=C)c2ccc(-c3ccc(-c4cccc(C/C=C\C)n4)c4ccccc34)c3cccc1c23. The molecule has 6 rings (SSSR count). The molecule has 1 heterocycles. The minimum atomic E-state index is 0.842. The number of hydrogen-bond acceptors (Lipinski definition) is 1. The lowest BCUT2D eigenvalue weighted by Gasteiger charge is -2.15. The summed E-state index contributed by atoms with van der Waals surface area (Å²) in [5.74, 6) is 0. The molecule has 0 N–H and O–H groups in total. The zero-order valence-corrected chi connectivity index (χ0v) is 20.5. The van der Waals surface area contributed by atoms with Crippen molar-refractivity contribution in [2.24, 2.45) is 0 Å². The number of benzene rings is 4. The summed E-state index contributed by atoms with van der Waals surface area (Å²) in [7, 11) is 0. The second-order valence-corrected chi connectivity index (χ2v) is 9.12. The maximum atomic E-state index is 4.97. The number of fused-ring (bicyclic) bond motifs is 1. The van der Waals surface area contributed by atoms with Crippen LogP contribution in [-0.4, -0.2) is 4.98 Å². The van der Waals surface area contributed by atoms with Crippen LogP contribution >= 0.6 is 0 Å². The smallest absolute Gasteiger partial charge is 0.0711 e. The van der Waals surface area contributed by atoms with Crippen LogP contribution in [0.5, 0.6) is 0 Å². The van der Waals surface area contributed by atoms with Gasteiger partial charge < -0.3 is 0 Å². The highest BCUT2D eigenvalue weighted by molar-refractivity contribution is 6.21. The van der Waals surface area contributed by atoms with Crippen molar-refractivity contribution in [2.75, 3.05) is 0 Å². The Bertz CT molecular complexity index is 1720. The van der Waals surface area contributed by atoms with E-state index in [1.165, 1.54) is 43.8 Å². The Kier molecular flexibility index (Phi) is 5.47. The molecule has 1 heteroatoms. The zero-order chi connectivity index (χ0) is 24.6. The van der Waals surface area contributed by atoms with Crippen molar-refractivity contribution in [3.8, 4) is 22.4 Å². The Hall–Kier alpha value is -4.49. The van der Waals surface area contributed by atoms with Crippen molar-refractivity contribution in [1.82, 2.24) is 4.98 Å². The van der Waals surface area contributed by atoms with E-state index in [-0.39, 0.29) is 0 Å². The summed E-state index contributed by atoms with van der Waals surface area (Å²) in [6, 6.07) is 30.5. The van der Waals surface area contributed by atoms with Gasteiger partial charge in [0.1, 0.15) is 0 Å². The van der Waals surface area contributed by atoms with Gasteiger partial charge in [0.2, 0.25) is 0 Å². The van der Waals surface area contributed by atoms with Crippen LogP contribution in [0.15, 0.2) is 122 Å². The first-order valence-electron chi connectivity index (χ1n) is 12.4. The molecule has 0 amide bonds. The first-order valence-corrected chi connectivity index (χ1v) is 12.4. The largest absolute Gasteiger partial charge is 0.252 e. The maximum absolute atomic E-state index is 4.97. The molecule has 1 aliphatic rings. The predicted octanol–water partition coefficient (Wildman–Crippen LogP) is 9.44. The van der Waals surface area contributed by atoms with Crippen LogP contribution in [0.4, 0.5) is 0 Å². The van der Waals surface area contributed by atoms with Crippen LogP contribution in [0, 0.1) is 0 Å². The summed E-state index contributed by atoms with van der Waals surface area (Å²) in [6.07, 6.45) is 8.96. The minimum Gasteiger partial charge on any atom is -0.252 e. The van der Waals surface area contributed by atoms with Crippen LogP contribution < -0.4 is 0 Å². The molecule has 0 fully saturated rings. The van der Waals surface area contributed by atoms with Gasteiger partial charge in [-0.2, -0.15) is 0 Å². The number of pyridine rings is 1. The molecule has 172 valence electrons. The van der Waals surface area contributed by atoms with E-state index in [9.17, 15) is 0 Å². The Morgan fingerprint density at radius 2 is 1.19 bits per heavy atom. The van der Waals surface area contributed by atoms with Gasteiger partial charge in [-0.1, -0.05) is 110 Å². The van der Waals surface area contributed by atoms with Gasteiger partial charge in [-0.3, -0.25) is 4.98 Å². The highest BCUT2D eigenvalue weighted by Crippen LogP contribution is 2.47. The molecule has 1 aromatic heterocycles. The van der Waals surface area contributed by atoms with Gasteiger partial charge in [0.05, 0.1) is 5.69 Å². The highest BCUT2D eigenvalue weighted by atomic mass is 14.7. The number of aromatic nitrogens is 1. The summed E-state index contributed by atoms with van der Waals surface area (Å²) in [6.45, 7) is 10.2. The quantitative estimate of drug-likeness (QED) is 0.229. The van der Waals surface area contributed by atoms with Crippen molar-refractivity contribution in [3.05, 3.63) is 139 Å². The predicted molar refractivity (Wildman–Crippen MR) is 156 cm³/mol.